The summed E-state index contributed by atoms with van der Waals surface area (Å²) in [6.45, 7) is 2.43. The van der Waals surface area contributed by atoms with Crippen molar-refractivity contribution in [1.82, 2.24) is 0 Å². The highest BCUT2D eigenvalue weighted by Crippen LogP contribution is 2.23. The van der Waals surface area contributed by atoms with Crippen LogP contribution in [0.1, 0.15) is 22.8 Å². The second kappa shape index (κ2) is 6.58. The minimum atomic E-state index is -0.00603. The van der Waals surface area contributed by atoms with Crippen molar-refractivity contribution in [2.24, 2.45) is 0 Å². The molecule has 104 valence electrons. The number of carbonyl (C=O) groups is 1. The van der Waals surface area contributed by atoms with E-state index in [1.54, 1.807) is 6.07 Å². The number of hydrogen-bond acceptors (Lipinski definition) is 2. The van der Waals surface area contributed by atoms with Gasteiger partial charge in [-0.15, -0.1) is 0 Å². The van der Waals surface area contributed by atoms with Gasteiger partial charge in [-0.2, -0.15) is 0 Å². The smallest absolute Gasteiger partial charge is 0.161 e. The van der Waals surface area contributed by atoms with E-state index in [-0.39, 0.29) is 5.78 Å². The van der Waals surface area contributed by atoms with Gasteiger partial charge in [-0.3, -0.25) is 4.79 Å². The van der Waals surface area contributed by atoms with Gasteiger partial charge in [-0.25, -0.2) is 0 Å². The Kier molecular flexibility index (Phi) is 4.80. The van der Waals surface area contributed by atoms with Crippen LogP contribution in [0.2, 0.25) is 5.02 Å². The fourth-order valence-electron chi connectivity index (χ4n) is 2.10. The van der Waals surface area contributed by atoms with Crippen molar-refractivity contribution in [2.45, 2.75) is 13.3 Å². The lowest BCUT2D eigenvalue weighted by Crippen LogP contribution is -2.20. The Morgan fingerprint density at radius 2 is 1.85 bits per heavy atom. The molecule has 0 fully saturated rings. The first kappa shape index (κ1) is 14.6. The molecule has 0 bridgehead atoms. The van der Waals surface area contributed by atoms with Crippen molar-refractivity contribution in [1.29, 1.82) is 0 Å². The zero-order valence-corrected chi connectivity index (χ0v) is 12.5. The zero-order valence-electron chi connectivity index (χ0n) is 11.8. The number of halogens is 1. The molecule has 0 unspecified atom stereocenters. The minimum Gasteiger partial charge on any atom is -0.374 e. The Bertz CT molecular complexity index is 595. The van der Waals surface area contributed by atoms with Gasteiger partial charge >= 0.3 is 0 Å². The highest BCUT2D eigenvalue weighted by molar-refractivity contribution is 6.34. The lowest BCUT2D eigenvalue weighted by atomic mass is 10.1. The molecule has 2 aromatic carbocycles. The SMILES string of the molecule is CC(=O)c1ccc(N(C)CCc2ccccc2)cc1Cl. The third-order valence-corrected chi connectivity index (χ3v) is 3.66. The van der Waals surface area contributed by atoms with Crippen LogP contribution in [0.5, 0.6) is 0 Å². The van der Waals surface area contributed by atoms with Gasteiger partial charge in [-0.1, -0.05) is 41.9 Å². The van der Waals surface area contributed by atoms with Crippen LogP contribution in [0.4, 0.5) is 5.69 Å². The van der Waals surface area contributed by atoms with Gasteiger partial charge < -0.3 is 4.90 Å². The first-order chi connectivity index (χ1) is 9.58. The quantitative estimate of drug-likeness (QED) is 0.767. The van der Waals surface area contributed by atoms with Gasteiger partial charge in [-0.05, 0) is 37.1 Å². The third kappa shape index (κ3) is 3.61. The summed E-state index contributed by atoms with van der Waals surface area (Å²) in [5.74, 6) is -0.00603. The summed E-state index contributed by atoms with van der Waals surface area (Å²) in [7, 11) is 2.03. The zero-order chi connectivity index (χ0) is 14.5. The summed E-state index contributed by atoms with van der Waals surface area (Å²) in [6.07, 6.45) is 0.976. The molecule has 2 rings (SSSR count). The van der Waals surface area contributed by atoms with Crippen LogP contribution in [0.3, 0.4) is 0 Å². The Morgan fingerprint density at radius 1 is 1.15 bits per heavy atom. The molecule has 0 atom stereocenters. The number of ketones is 1. The molecule has 0 amide bonds. The van der Waals surface area contributed by atoms with E-state index in [1.807, 2.05) is 37.4 Å². The highest BCUT2D eigenvalue weighted by Gasteiger charge is 2.08. The summed E-state index contributed by atoms with van der Waals surface area (Å²) in [5, 5.41) is 0.515. The first-order valence-electron chi connectivity index (χ1n) is 6.63. The van der Waals surface area contributed by atoms with Crippen molar-refractivity contribution in [3.05, 3.63) is 64.7 Å². The molecule has 0 aliphatic heterocycles. The van der Waals surface area contributed by atoms with Gasteiger partial charge in [0.15, 0.2) is 5.78 Å². The number of rotatable bonds is 5. The Morgan fingerprint density at radius 3 is 2.45 bits per heavy atom. The van der Waals surface area contributed by atoms with Crippen LogP contribution < -0.4 is 4.90 Å². The topological polar surface area (TPSA) is 20.3 Å². The highest BCUT2D eigenvalue weighted by atomic mass is 35.5. The van der Waals surface area contributed by atoms with Crippen molar-refractivity contribution >= 4 is 23.1 Å². The summed E-state index contributed by atoms with van der Waals surface area (Å²) in [5.41, 5.74) is 2.91. The van der Waals surface area contributed by atoms with Crippen LogP contribution in [-0.2, 0) is 6.42 Å². The molecular weight excluding hydrogens is 270 g/mol. The molecule has 0 saturated heterocycles. The lowest BCUT2D eigenvalue weighted by molar-refractivity contribution is 0.101. The Labute approximate surface area is 125 Å². The predicted octanol–water partition coefficient (Wildman–Crippen LogP) is 4.22. The third-order valence-electron chi connectivity index (χ3n) is 3.35. The maximum absolute atomic E-state index is 11.4. The lowest BCUT2D eigenvalue weighted by Gasteiger charge is -2.20. The molecule has 0 spiro atoms. The maximum Gasteiger partial charge on any atom is 0.161 e. The standard InChI is InChI=1S/C17H18ClNO/c1-13(20)16-9-8-15(12-17(16)18)19(2)11-10-14-6-4-3-5-7-14/h3-9,12H,10-11H2,1-2H3. The van der Waals surface area contributed by atoms with Gasteiger partial charge in [0.25, 0.3) is 0 Å². The summed E-state index contributed by atoms with van der Waals surface area (Å²) in [6, 6.07) is 15.9. The van der Waals surface area contributed by atoms with Crippen molar-refractivity contribution in [3.8, 4) is 0 Å². The van der Waals surface area contributed by atoms with Crippen LogP contribution in [0.25, 0.3) is 0 Å². The molecule has 3 heteroatoms. The van der Waals surface area contributed by atoms with E-state index in [2.05, 4.69) is 17.0 Å². The van der Waals surface area contributed by atoms with E-state index in [0.29, 0.717) is 10.6 Å². The average Bonchev–Trinajstić information content (AvgIpc) is 2.45. The number of carbonyl (C=O) groups excluding carboxylic acids is 1. The number of benzene rings is 2. The summed E-state index contributed by atoms with van der Waals surface area (Å²) in [4.78, 5) is 13.5. The van der Waals surface area contributed by atoms with E-state index in [4.69, 9.17) is 11.6 Å². The first-order valence-corrected chi connectivity index (χ1v) is 7.01. The van der Waals surface area contributed by atoms with Gasteiger partial charge in [0.05, 0.1) is 5.02 Å². The average molecular weight is 288 g/mol. The Hall–Kier alpha value is -1.80. The molecule has 2 aromatic rings. The van der Waals surface area contributed by atoms with Crippen LogP contribution in [-0.4, -0.2) is 19.4 Å². The second-order valence-corrected chi connectivity index (χ2v) is 5.28. The second-order valence-electron chi connectivity index (χ2n) is 4.88. The van der Waals surface area contributed by atoms with Crippen LogP contribution in [0.15, 0.2) is 48.5 Å². The largest absolute Gasteiger partial charge is 0.374 e. The minimum absolute atomic E-state index is 0.00603. The van der Waals surface area contributed by atoms with E-state index < -0.39 is 0 Å². The van der Waals surface area contributed by atoms with Gasteiger partial charge in [0.1, 0.15) is 0 Å². The molecule has 0 heterocycles. The number of hydrogen-bond donors (Lipinski definition) is 0. The van der Waals surface area contributed by atoms with Gasteiger partial charge in [0, 0.05) is 24.8 Å². The number of nitrogens with zero attached hydrogens (tertiary/aromatic N) is 1. The fraction of sp³-hybridized carbons (Fsp3) is 0.235. The van der Waals surface area contributed by atoms with Crippen molar-refractivity contribution in [2.75, 3.05) is 18.5 Å². The van der Waals surface area contributed by atoms with E-state index in [0.717, 1.165) is 18.7 Å². The van der Waals surface area contributed by atoms with Crippen LogP contribution in [0, 0.1) is 0 Å². The molecule has 0 radical (unpaired) electrons. The molecule has 0 aliphatic rings. The molecule has 0 N–H and O–H groups in total. The number of likely N-dealkylation sites (N-methyl/N-ethyl adjacent to an activating group) is 1. The number of anilines is 1. The molecule has 0 saturated carbocycles. The van der Waals surface area contributed by atoms with E-state index in [1.165, 1.54) is 12.5 Å². The van der Waals surface area contributed by atoms with Crippen molar-refractivity contribution in [3.63, 3.8) is 0 Å². The monoisotopic (exact) mass is 287 g/mol. The summed E-state index contributed by atoms with van der Waals surface area (Å²) >= 11 is 6.14. The number of Topliss-reactive ketones (excluding diaryl/α,β-unsaturated/α-hetero) is 1. The molecule has 2 nitrogen and oxygen atoms in total. The fourth-order valence-corrected chi connectivity index (χ4v) is 2.41. The molecular formula is C17H18ClNO. The van der Waals surface area contributed by atoms with Crippen LogP contribution >= 0.6 is 11.6 Å². The maximum atomic E-state index is 11.4. The van der Waals surface area contributed by atoms with Gasteiger partial charge in [0.2, 0.25) is 0 Å². The summed E-state index contributed by atoms with van der Waals surface area (Å²) < 4.78 is 0. The molecule has 20 heavy (non-hydrogen) atoms. The van der Waals surface area contributed by atoms with E-state index in [9.17, 15) is 4.79 Å². The van der Waals surface area contributed by atoms with Crippen molar-refractivity contribution < 1.29 is 4.79 Å². The predicted molar refractivity (Wildman–Crippen MR) is 84.9 cm³/mol. The van der Waals surface area contributed by atoms with E-state index >= 15 is 0 Å². The molecule has 0 aliphatic carbocycles. The normalized spacial score (nSPS) is 10.3. The molecule has 0 aromatic heterocycles. The Balaban J connectivity index is 2.04.